The van der Waals surface area contributed by atoms with E-state index in [-0.39, 0.29) is 29.6 Å². The molecule has 0 bridgehead atoms. The normalized spacial score (nSPS) is 11.0. The Morgan fingerprint density at radius 3 is 2.72 bits per heavy atom. The van der Waals surface area contributed by atoms with Crippen LogP contribution in [0.4, 0.5) is 5.82 Å². The highest BCUT2D eigenvalue weighted by atomic mass is 35.5. The van der Waals surface area contributed by atoms with Crippen LogP contribution in [0, 0.1) is 0 Å². The van der Waals surface area contributed by atoms with Gasteiger partial charge >= 0.3 is 5.97 Å². The van der Waals surface area contributed by atoms with Crippen molar-refractivity contribution in [3.8, 4) is 0 Å². The molecule has 0 radical (unpaired) electrons. The van der Waals surface area contributed by atoms with Crippen LogP contribution in [0.1, 0.15) is 12.8 Å². The third kappa shape index (κ3) is 5.28. The summed E-state index contributed by atoms with van der Waals surface area (Å²) in [4.78, 5) is 18.3. The van der Waals surface area contributed by atoms with Crippen LogP contribution in [0.25, 0.3) is 0 Å². The smallest absolute Gasteiger partial charge is 0.305 e. The summed E-state index contributed by atoms with van der Waals surface area (Å²) >= 11 is 5.52. The molecule has 1 aromatic heterocycles. The van der Waals surface area contributed by atoms with Crippen LogP contribution in [-0.4, -0.2) is 37.2 Å². The molecule has 0 amide bonds. The lowest BCUT2D eigenvalue weighted by Crippen LogP contribution is -2.18. The van der Waals surface area contributed by atoms with E-state index in [1.54, 1.807) is 0 Å². The molecule has 7 nitrogen and oxygen atoms in total. The highest BCUT2D eigenvalue weighted by molar-refractivity contribution is 7.92. The number of esters is 1. The average molecular weight is 294 g/mol. The standard InChI is InChI=1S/C9H12ClN3O4S/c1-17-9(14)3-2-4-18(15,16)13-8-6-11-7(10)5-12-8/h5-6H,2-4H2,1H3,(H,12,13). The number of halogens is 1. The highest BCUT2D eigenvalue weighted by Crippen LogP contribution is 2.08. The number of methoxy groups -OCH3 is 1. The quantitative estimate of drug-likeness (QED) is 0.780. The topological polar surface area (TPSA) is 98.2 Å². The van der Waals surface area contributed by atoms with Gasteiger partial charge in [-0.1, -0.05) is 11.6 Å². The Balaban J connectivity index is 2.49. The number of ether oxygens (including phenoxy) is 1. The molecule has 0 saturated carbocycles. The van der Waals surface area contributed by atoms with E-state index in [4.69, 9.17) is 11.6 Å². The van der Waals surface area contributed by atoms with E-state index in [0.717, 1.165) is 0 Å². The first-order chi connectivity index (χ1) is 8.43. The molecule has 0 aliphatic rings. The molecule has 18 heavy (non-hydrogen) atoms. The van der Waals surface area contributed by atoms with Crippen LogP contribution in [-0.2, 0) is 19.6 Å². The van der Waals surface area contributed by atoms with Crippen LogP contribution in [0.3, 0.4) is 0 Å². The molecule has 0 aliphatic heterocycles. The Hall–Kier alpha value is -1.41. The molecular weight excluding hydrogens is 282 g/mol. The van der Waals surface area contributed by atoms with Crippen LogP contribution < -0.4 is 4.72 Å². The van der Waals surface area contributed by atoms with Gasteiger partial charge in [-0.2, -0.15) is 0 Å². The van der Waals surface area contributed by atoms with Crippen LogP contribution in [0.15, 0.2) is 12.4 Å². The molecule has 1 rings (SSSR count). The minimum Gasteiger partial charge on any atom is -0.469 e. The van der Waals surface area contributed by atoms with Crippen molar-refractivity contribution in [2.75, 3.05) is 17.6 Å². The maximum absolute atomic E-state index is 11.6. The second-order valence-corrected chi connectivity index (χ2v) is 5.55. The number of hydrogen-bond acceptors (Lipinski definition) is 6. The summed E-state index contributed by atoms with van der Waals surface area (Å²) in [6, 6.07) is 0. The zero-order valence-corrected chi connectivity index (χ0v) is 11.2. The molecule has 1 aromatic rings. The number of anilines is 1. The number of carbonyl (C=O) groups excluding carboxylic acids is 1. The lowest BCUT2D eigenvalue weighted by Gasteiger charge is -2.06. The molecule has 0 spiro atoms. The fourth-order valence-corrected chi connectivity index (χ4v) is 2.23. The fraction of sp³-hybridized carbons (Fsp3) is 0.444. The number of nitrogens with one attached hydrogen (secondary N) is 1. The van der Waals surface area contributed by atoms with Gasteiger partial charge in [0.05, 0.1) is 25.3 Å². The Kier molecular flexibility index (Phi) is 5.29. The maximum Gasteiger partial charge on any atom is 0.305 e. The number of sulfonamides is 1. The third-order valence-corrected chi connectivity index (χ3v) is 3.44. The van der Waals surface area contributed by atoms with E-state index in [2.05, 4.69) is 19.4 Å². The van der Waals surface area contributed by atoms with Crippen molar-refractivity contribution in [3.63, 3.8) is 0 Å². The van der Waals surface area contributed by atoms with Crippen LogP contribution in [0.5, 0.6) is 0 Å². The van der Waals surface area contributed by atoms with Gasteiger partial charge in [-0.15, -0.1) is 0 Å². The average Bonchev–Trinajstić information content (AvgIpc) is 2.31. The predicted molar refractivity (Wildman–Crippen MR) is 65.7 cm³/mol. The van der Waals surface area contributed by atoms with Gasteiger partial charge in [0.25, 0.3) is 0 Å². The number of nitrogens with zero attached hydrogens (tertiary/aromatic N) is 2. The van der Waals surface area contributed by atoms with Crippen molar-refractivity contribution in [2.45, 2.75) is 12.8 Å². The summed E-state index contributed by atoms with van der Waals surface area (Å²) in [6.45, 7) is 0. The van der Waals surface area contributed by atoms with E-state index in [9.17, 15) is 13.2 Å². The zero-order chi connectivity index (χ0) is 13.6. The fourth-order valence-electron chi connectivity index (χ4n) is 1.08. The number of carbonyl (C=O) groups is 1. The predicted octanol–water partition coefficient (Wildman–Crippen LogP) is 0.825. The highest BCUT2D eigenvalue weighted by Gasteiger charge is 2.12. The Labute approximate surface area is 110 Å². The molecule has 1 heterocycles. The molecule has 0 aromatic carbocycles. The first-order valence-electron chi connectivity index (χ1n) is 4.98. The lowest BCUT2D eigenvalue weighted by atomic mass is 10.3. The number of aromatic nitrogens is 2. The molecule has 1 N–H and O–H groups in total. The molecular formula is C9H12ClN3O4S. The zero-order valence-electron chi connectivity index (χ0n) is 9.59. The largest absolute Gasteiger partial charge is 0.469 e. The monoisotopic (exact) mass is 293 g/mol. The Bertz CT molecular complexity index is 503. The van der Waals surface area contributed by atoms with Crippen molar-refractivity contribution >= 4 is 33.4 Å². The van der Waals surface area contributed by atoms with E-state index >= 15 is 0 Å². The summed E-state index contributed by atoms with van der Waals surface area (Å²) in [5.74, 6) is -0.569. The molecule has 100 valence electrons. The van der Waals surface area contributed by atoms with Crippen molar-refractivity contribution < 1.29 is 17.9 Å². The molecule has 0 unspecified atom stereocenters. The van der Waals surface area contributed by atoms with E-state index in [0.29, 0.717) is 0 Å². The summed E-state index contributed by atoms with van der Waals surface area (Å²) in [6.07, 6.45) is 2.65. The SMILES string of the molecule is COC(=O)CCCS(=O)(=O)Nc1cnc(Cl)cn1. The van der Waals surface area contributed by atoms with Gasteiger partial charge in [0.1, 0.15) is 5.15 Å². The molecule has 0 atom stereocenters. The first kappa shape index (κ1) is 14.7. The Morgan fingerprint density at radius 1 is 1.44 bits per heavy atom. The van der Waals surface area contributed by atoms with Gasteiger partial charge in [0, 0.05) is 6.42 Å². The molecule has 9 heteroatoms. The molecule has 0 aliphatic carbocycles. The van der Waals surface area contributed by atoms with Gasteiger partial charge in [-0.25, -0.2) is 18.4 Å². The van der Waals surface area contributed by atoms with Gasteiger partial charge in [0.15, 0.2) is 5.82 Å². The molecule has 0 saturated heterocycles. The Morgan fingerprint density at radius 2 is 2.17 bits per heavy atom. The van der Waals surface area contributed by atoms with Crippen LogP contribution in [0.2, 0.25) is 5.15 Å². The van der Waals surface area contributed by atoms with Crippen LogP contribution >= 0.6 is 11.6 Å². The van der Waals surface area contributed by atoms with E-state index in [1.807, 2.05) is 0 Å². The van der Waals surface area contributed by atoms with Crippen molar-refractivity contribution in [1.29, 1.82) is 0 Å². The summed E-state index contributed by atoms with van der Waals surface area (Å²) in [5, 5.41) is 0.170. The third-order valence-electron chi connectivity index (χ3n) is 1.90. The lowest BCUT2D eigenvalue weighted by molar-refractivity contribution is -0.140. The minimum absolute atomic E-state index is 0.0453. The van der Waals surface area contributed by atoms with Gasteiger partial charge < -0.3 is 4.74 Å². The van der Waals surface area contributed by atoms with Gasteiger partial charge in [-0.05, 0) is 6.42 Å². The van der Waals surface area contributed by atoms with Crippen molar-refractivity contribution in [2.24, 2.45) is 0 Å². The molecule has 0 fully saturated rings. The van der Waals surface area contributed by atoms with Crippen molar-refractivity contribution in [3.05, 3.63) is 17.5 Å². The number of hydrogen-bond donors (Lipinski definition) is 1. The second-order valence-electron chi connectivity index (χ2n) is 3.32. The first-order valence-corrected chi connectivity index (χ1v) is 7.01. The summed E-state index contributed by atoms with van der Waals surface area (Å²) in [7, 11) is -2.31. The van der Waals surface area contributed by atoms with E-state index < -0.39 is 16.0 Å². The van der Waals surface area contributed by atoms with E-state index in [1.165, 1.54) is 19.5 Å². The second kappa shape index (κ2) is 6.50. The summed E-state index contributed by atoms with van der Waals surface area (Å²) < 4.78 is 29.8. The number of rotatable bonds is 6. The van der Waals surface area contributed by atoms with Crippen molar-refractivity contribution in [1.82, 2.24) is 9.97 Å². The van der Waals surface area contributed by atoms with Gasteiger partial charge in [-0.3, -0.25) is 9.52 Å². The van der Waals surface area contributed by atoms with Gasteiger partial charge in [0.2, 0.25) is 10.0 Å². The minimum atomic E-state index is -3.55. The summed E-state index contributed by atoms with van der Waals surface area (Å²) in [5.41, 5.74) is 0. The maximum atomic E-state index is 11.6.